The Labute approximate surface area is 114 Å². The van der Waals surface area contributed by atoms with Crippen LogP contribution in [0.4, 0.5) is 0 Å². The lowest BCUT2D eigenvalue weighted by molar-refractivity contribution is 0.109. The smallest absolute Gasteiger partial charge is 0.109 e. The summed E-state index contributed by atoms with van der Waals surface area (Å²) in [6, 6.07) is 0.0634. The first-order valence-corrected chi connectivity index (χ1v) is 7.82. The lowest BCUT2D eigenvalue weighted by Gasteiger charge is -2.38. The van der Waals surface area contributed by atoms with Crippen LogP contribution in [0.25, 0.3) is 0 Å². The molecule has 1 aromatic rings. The molecule has 1 aromatic heterocycles. The molecule has 102 valence electrons. The summed E-state index contributed by atoms with van der Waals surface area (Å²) < 4.78 is 0. The van der Waals surface area contributed by atoms with Crippen LogP contribution in [0.2, 0.25) is 0 Å². The van der Waals surface area contributed by atoms with Crippen molar-refractivity contribution in [3.05, 3.63) is 16.1 Å². The van der Waals surface area contributed by atoms with Crippen molar-refractivity contribution in [3.63, 3.8) is 0 Å². The summed E-state index contributed by atoms with van der Waals surface area (Å²) in [4.78, 5) is 7.14. The molecule has 1 unspecified atom stereocenters. The van der Waals surface area contributed by atoms with E-state index in [2.05, 4.69) is 29.1 Å². The molecule has 0 aromatic carbocycles. The van der Waals surface area contributed by atoms with Crippen molar-refractivity contribution in [3.8, 4) is 0 Å². The highest BCUT2D eigenvalue weighted by Gasteiger charge is 2.28. The standard InChI is InChI=1S/C14H25N3S/c1-4-14(3)5-7-17(8-6-14)9-12-10-18-13(16-12)11(2)15/h10-11H,4-9,15H2,1-3H3. The minimum Gasteiger partial charge on any atom is -0.322 e. The lowest BCUT2D eigenvalue weighted by atomic mass is 9.78. The third kappa shape index (κ3) is 3.31. The Morgan fingerprint density at radius 1 is 1.50 bits per heavy atom. The van der Waals surface area contributed by atoms with E-state index in [1.807, 2.05) is 6.92 Å². The van der Waals surface area contributed by atoms with Gasteiger partial charge in [-0.3, -0.25) is 4.90 Å². The second-order valence-corrected chi connectivity index (χ2v) is 6.80. The van der Waals surface area contributed by atoms with Gasteiger partial charge in [0, 0.05) is 11.9 Å². The fraction of sp³-hybridized carbons (Fsp3) is 0.786. The highest BCUT2D eigenvalue weighted by Crippen LogP contribution is 2.34. The maximum Gasteiger partial charge on any atom is 0.109 e. The Morgan fingerprint density at radius 2 is 2.17 bits per heavy atom. The van der Waals surface area contributed by atoms with E-state index in [4.69, 9.17) is 5.73 Å². The summed E-state index contributed by atoms with van der Waals surface area (Å²) >= 11 is 1.69. The molecule has 0 spiro atoms. The van der Waals surface area contributed by atoms with Crippen molar-refractivity contribution in [1.82, 2.24) is 9.88 Å². The molecule has 1 fully saturated rings. The minimum absolute atomic E-state index is 0.0634. The molecule has 1 atom stereocenters. The Morgan fingerprint density at radius 3 is 2.67 bits per heavy atom. The Bertz CT molecular complexity index is 378. The van der Waals surface area contributed by atoms with Gasteiger partial charge in [0.1, 0.15) is 5.01 Å². The Hall–Kier alpha value is -0.450. The molecule has 2 rings (SSSR count). The number of piperidine rings is 1. The van der Waals surface area contributed by atoms with E-state index in [0.717, 1.165) is 11.6 Å². The van der Waals surface area contributed by atoms with Crippen LogP contribution in [-0.4, -0.2) is 23.0 Å². The number of hydrogen-bond donors (Lipinski definition) is 1. The van der Waals surface area contributed by atoms with Gasteiger partial charge in [-0.2, -0.15) is 0 Å². The first kappa shape index (κ1) is 14.0. The van der Waals surface area contributed by atoms with Crippen LogP contribution in [0.15, 0.2) is 5.38 Å². The van der Waals surface area contributed by atoms with Gasteiger partial charge >= 0.3 is 0 Å². The first-order chi connectivity index (χ1) is 8.52. The van der Waals surface area contributed by atoms with Crippen molar-refractivity contribution in [2.75, 3.05) is 13.1 Å². The molecule has 0 bridgehead atoms. The Kier molecular flexibility index (Phi) is 4.41. The third-order valence-electron chi connectivity index (χ3n) is 4.26. The second-order valence-electron chi connectivity index (χ2n) is 5.91. The number of aromatic nitrogens is 1. The molecule has 2 N–H and O–H groups in total. The topological polar surface area (TPSA) is 42.1 Å². The quantitative estimate of drug-likeness (QED) is 0.911. The highest BCUT2D eigenvalue weighted by atomic mass is 32.1. The fourth-order valence-electron chi connectivity index (χ4n) is 2.44. The third-order valence-corrected chi connectivity index (χ3v) is 5.36. The van der Waals surface area contributed by atoms with Gasteiger partial charge in [0.2, 0.25) is 0 Å². The zero-order valence-corrected chi connectivity index (χ0v) is 12.6. The van der Waals surface area contributed by atoms with Crippen molar-refractivity contribution >= 4 is 11.3 Å². The Balaban J connectivity index is 1.87. The van der Waals surface area contributed by atoms with Crippen molar-refractivity contribution in [2.24, 2.45) is 11.1 Å². The minimum atomic E-state index is 0.0634. The molecule has 1 aliphatic heterocycles. The van der Waals surface area contributed by atoms with Gasteiger partial charge in [0.15, 0.2) is 0 Å². The molecular weight excluding hydrogens is 242 g/mol. The first-order valence-electron chi connectivity index (χ1n) is 6.95. The van der Waals surface area contributed by atoms with Crippen LogP contribution in [0.3, 0.4) is 0 Å². The van der Waals surface area contributed by atoms with Crippen molar-refractivity contribution in [1.29, 1.82) is 0 Å². The van der Waals surface area contributed by atoms with Crippen LogP contribution < -0.4 is 5.73 Å². The SMILES string of the molecule is CCC1(C)CCN(Cc2csc(C(C)N)n2)CC1. The summed E-state index contributed by atoms with van der Waals surface area (Å²) in [7, 11) is 0. The molecule has 1 saturated heterocycles. The average Bonchev–Trinajstić information content (AvgIpc) is 2.81. The molecule has 0 radical (unpaired) electrons. The monoisotopic (exact) mass is 267 g/mol. The van der Waals surface area contributed by atoms with Gasteiger partial charge in [-0.05, 0) is 38.3 Å². The van der Waals surface area contributed by atoms with Gasteiger partial charge in [0.25, 0.3) is 0 Å². The van der Waals surface area contributed by atoms with E-state index >= 15 is 0 Å². The molecule has 0 amide bonds. The molecule has 18 heavy (non-hydrogen) atoms. The molecule has 1 aliphatic rings. The van der Waals surface area contributed by atoms with Gasteiger partial charge in [-0.25, -0.2) is 4.98 Å². The summed E-state index contributed by atoms with van der Waals surface area (Å²) in [6.07, 6.45) is 3.92. The predicted octanol–water partition coefficient (Wildman–Crippen LogP) is 3.17. The predicted molar refractivity (Wildman–Crippen MR) is 77.6 cm³/mol. The number of hydrogen-bond acceptors (Lipinski definition) is 4. The number of rotatable bonds is 4. The van der Waals surface area contributed by atoms with Crippen LogP contribution in [0, 0.1) is 5.41 Å². The molecular formula is C14H25N3S. The maximum absolute atomic E-state index is 5.85. The van der Waals surface area contributed by atoms with Crippen LogP contribution in [-0.2, 0) is 6.54 Å². The number of nitrogens with two attached hydrogens (primary N) is 1. The van der Waals surface area contributed by atoms with Crippen LogP contribution in [0.5, 0.6) is 0 Å². The molecule has 2 heterocycles. The number of likely N-dealkylation sites (tertiary alicyclic amines) is 1. The van der Waals surface area contributed by atoms with Crippen molar-refractivity contribution in [2.45, 2.75) is 52.6 Å². The van der Waals surface area contributed by atoms with Gasteiger partial charge in [-0.15, -0.1) is 11.3 Å². The zero-order chi connectivity index (χ0) is 13.2. The number of nitrogens with zero attached hydrogens (tertiary/aromatic N) is 2. The molecule has 0 saturated carbocycles. The van der Waals surface area contributed by atoms with E-state index in [-0.39, 0.29) is 6.04 Å². The zero-order valence-electron chi connectivity index (χ0n) is 11.8. The molecule has 0 aliphatic carbocycles. The highest BCUT2D eigenvalue weighted by molar-refractivity contribution is 7.09. The maximum atomic E-state index is 5.85. The van der Waals surface area contributed by atoms with E-state index in [1.54, 1.807) is 11.3 Å². The largest absolute Gasteiger partial charge is 0.322 e. The van der Waals surface area contributed by atoms with E-state index in [1.165, 1.54) is 38.0 Å². The summed E-state index contributed by atoms with van der Waals surface area (Å²) in [5, 5.41) is 3.21. The lowest BCUT2D eigenvalue weighted by Crippen LogP contribution is -2.38. The molecule has 3 nitrogen and oxygen atoms in total. The average molecular weight is 267 g/mol. The fourth-order valence-corrected chi connectivity index (χ4v) is 3.21. The summed E-state index contributed by atoms with van der Waals surface area (Å²) in [5.74, 6) is 0. The summed E-state index contributed by atoms with van der Waals surface area (Å²) in [5.41, 5.74) is 7.60. The van der Waals surface area contributed by atoms with E-state index in [0.29, 0.717) is 5.41 Å². The van der Waals surface area contributed by atoms with E-state index < -0.39 is 0 Å². The normalized spacial score (nSPS) is 22.0. The second kappa shape index (κ2) is 5.68. The van der Waals surface area contributed by atoms with Crippen molar-refractivity contribution < 1.29 is 0 Å². The van der Waals surface area contributed by atoms with Gasteiger partial charge in [-0.1, -0.05) is 20.3 Å². The van der Waals surface area contributed by atoms with Crippen LogP contribution >= 0.6 is 11.3 Å². The van der Waals surface area contributed by atoms with E-state index in [9.17, 15) is 0 Å². The van der Waals surface area contributed by atoms with Gasteiger partial charge in [0.05, 0.1) is 11.7 Å². The summed E-state index contributed by atoms with van der Waals surface area (Å²) in [6.45, 7) is 10.1. The van der Waals surface area contributed by atoms with Crippen LogP contribution in [0.1, 0.15) is 56.8 Å². The molecule has 4 heteroatoms. The number of thiazole rings is 1. The van der Waals surface area contributed by atoms with Gasteiger partial charge < -0.3 is 5.73 Å².